The summed E-state index contributed by atoms with van der Waals surface area (Å²) in [5.41, 5.74) is -0.999. The maximum Gasteiger partial charge on any atom is 0.314 e. The first-order valence-electron chi connectivity index (χ1n) is 6.15. The molecule has 0 amide bonds. The highest BCUT2D eigenvalue weighted by Gasteiger charge is 2.45. The number of rotatable bonds is 2. The third kappa shape index (κ3) is 2.12. The fourth-order valence-electron chi connectivity index (χ4n) is 2.78. The molecule has 1 aliphatic carbocycles. The van der Waals surface area contributed by atoms with E-state index in [1.54, 1.807) is 6.07 Å². The van der Waals surface area contributed by atoms with Crippen LogP contribution in [0.25, 0.3) is 0 Å². The van der Waals surface area contributed by atoms with Crippen molar-refractivity contribution in [3.05, 3.63) is 34.6 Å². The lowest BCUT2D eigenvalue weighted by molar-refractivity contribution is -0.145. The Morgan fingerprint density at radius 3 is 2.56 bits per heavy atom. The van der Waals surface area contributed by atoms with E-state index in [1.165, 1.54) is 12.1 Å². The van der Waals surface area contributed by atoms with Gasteiger partial charge in [-0.05, 0) is 43.7 Å². The molecule has 0 spiro atoms. The van der Waals surface area contributed by atoms with Crippen LogP contribution in [-0.4, -0.2) is 11.1 Å². The first-order chi connectivity index (χ1) is 8.47. The Balaban J connectivity index is 2.52. The lowest BCUT2D eigenvalue weighted by atomic mass is 9.67. The van der Waals surface area contributed by atoms with Crippen molar-refractivity contribution in [1.29, 1.82) is 0 Å². The van der Waals surface area contributed by atoms with Gasteiger partial charge in [0.15, 0.2) is 0 Å². The SMILES string of the molecule is CC1CCC(C(=O)O)(c2c(F)cccc2Cl)CC1. The van der Waals surface area contributed by atoms with E-state index in [-0.39, 0.29) is 10.6 Å². The summed E-state index contributed by atoms with van der Waals surface area (Å²) in [6.45, 7) is 2.09. The van der Waals surface area contributed by atoms with Gasteiger partial charge < -0.3 is 5.11 Å². The van der Waals surface area contributed by atoms with Gasteiger partial charge in [0.2, 0.25) is 0 Å². The maximum absolute atomic E-state index is 14.0. The normalized spacial score (nSPS) is 28.1. The summed E-state index contributed by atoms with van der Waals surface area (Å²) in [4.78, 5) is 11.7. The molecule has 2 rings (SSSR count). The van der Waals surface area contributed by atoms with Crippen LogP contribution in [0.15, 0.2) is 18.2 Å². The molecule has 0 radical (unpaired) electrons. The van der Waals surface area contributed by atoms with Crippen LogP contribution < -0.4 is 0 Å². The summed E-state index contributed by atoms with van der Waals surface area (Å²) in [5, 5.41) is 9.77. The molecule has 1 aromatic carbocycles. The highest BCUT2D eigenvalue weighted by Crippen LogP contribution is 2.45. The Kier molecular flexibility index (Phi) is 3.62. The minimum atomic E-state index is -1.16. The molecule has 0 aliphatic heterocycles. The summed E-state index contributed by atoms with van der Waals surface area (Å²) in [6.07, 6.45) is 2.47. The van der Waals surface area contributed by atoms with Crippen molar-refractivity contribution in [2.75, 3.05) is 0 Å². The molecule has 0 bridgehead atoms. The van der Waals surface area contributed by atoms with Gasteiger partial charge in [-0.1, -0.05) is 24.6 Å². The van der Waals surface area contributed by atoms with Gasteiger partial charge in [-0.2, -0.15) is 0 Å². The van der Waals surface area contributed by atoms with E-state index in [0.29, 0.717) is 18.8 Å². The molecule has 1 aromatic rings. The summed E-state index contributed by atoms with van der Waals surface area (Å²) in [7, 11) is 0. The van der Waals surface area contributed by atoms with E-state index in [9.17, 15) is 14.3 Å². The number of halogens is 2. The first kappa shape index (κ1) is 13.3. The van der Waals surface area contributed by atoms with Crippen molar-refractivity contribution in [3.63, 3.8) is 0 Å². The summed E-state index contributed by atoms with van der Waals surface area (Å²) in [5.74, 6) is -0.996. The first-order valence-corrected chi connectivity index (χ1v) is 6.53. The quantitative estimate of drug-likeness (QED) is 0.882. The van der Waals surface area contributed by atoms with Crippen LogP contribution in [0.1, 0.15) is 38.2 Å². The van der Waals surface area contributed by atoms with Crippen LogP contribution in [0.5, 0.6) is 0 Å². The third-order valence-corrected chi connectivity index (χ3v) is 4.29. The van der Waals surface area contributed by atoms with E-state index in [4.69, 9.17) is 11.6 Å². The van der Waals surface area contributed by atoms with Gasteiger partial charge in [0.25, 0.3) is 0 Å². The number of aliphatic carboxylic acids is 1. The van der Waals surface area contributed by atoms with Crippen molar-refractivity contribution in [2.45, 2.75) is 38.0 Å². The molecule has 1 saturated carbocycles. The van der Waals surface area contributed by atoms with Crippen molar-refractivity contribution in [3.8, 4) is 0 Å². The molecule has 0 heterocycles. The number of carboxylic acid groups (broad SMARTS) is 1. The minimum absolute atomic E-state index is 0.158. The largest absolute Gasteiger partial charge is 0.481 e. The standard InChI is InChI=1S/C14H16ClFO2/c1-9-5-7-14(8-6-9,13(17)18)12-10(15)3-2-4-11(12)16/h2-4,9H,5-8H2,1H3,(H,17,18). The number of hydrogen-bond donors (Lipinski definition) is 1. The molecule has 0 unspecified atom stereocenters. The predicted molar refractivity (Wildman–Crippen MR) is 68.4 cm³/mol. The Labute approximate surface area is 111 Å². The van der Waals surface area contributed by atoms with Gasteiger partial charge in [-0.15, -0.1) is 0 Å². The Hall–Kier alpha value is -1.09. The lowest BCUT2D eigenvalue weighted by Crippen LogP contribution is -2.40. The molecule has 0 saturated heterocycles. The van der Waals surface area contributed by atoms with Crippen molar-refractivity contribution in [2.24, 2.45) is 5.92 Å². The van der Waals surface area contributed by atoms with Crippen molar-refractivity contribution >= 4 is 17.6 Å². The van der Waals surface area contributed by atoms with Crippen LogP contribution >= 0.6 is 11.6 Å². The lowest BCUT2D eigenvalue weighted by Gasteiger charge is -2.36. The van der Waals surface area contributed by atoms with Gasteiger partial charge in [0.05, 0.1) is 5.41 Å². The molecule has 18 heavy (non-hydrogen) atoms. The predicted octanol–water partition coefficient (Wildman–Crippen LogP) is 4.01. The molecular formula is C14H16ClFO2. The highest BCUT2D eigenvalue weighted by atomic mass is 35.5. The summed E-state index contributed by atoms with van der Waals surface area (Å²) < 4.78 is 14.0. The molecule has 0 atom stereocenters. The smallest absolute Gasteiger partial charge is 0.314 e. The van der Waals surface area contributed by atoms with E-state index in [2.05, 4.69) is 6.92 Å². The van der Waals surface area contributed by atoms with Gasteiger partial charge in [0, 0.05) is 10.6 Å². The minimum Gasteiger partial charge on any atom is -0.481 e. The van der Waals surface area contributed by atoms with Crippen LogP contribution in [0.3, 0.4) is 0 Å². The van der Waals surface area contributed by atoms with Crippen molar-refractivity contribution in [1.82, 2.24) is 0 Å². The van der Waals surface area contributed by atoms with Gasteiger partial charge >= 0.3 is 5.97 Å². The number of hydrogen-bond acceptors (Lipinski definition) is 1. The Bertz CT molecular complexity index is 445. The second-order valence-electron chi connectivity index (χ2n) is 5.17. The van der Waals surface area contributed by atoms with Crippen LogP contribution in [0.2, 0.25) is 5.02 Å². The average molecular weight is 271 g/mol. The van der Waals surface area contributed by atoms with E-state index in [0.717, 1.165) is 12.8 Å². The third-order valence-electron chi connectivity index (χ3n) is 3.98. The molecular weight excluding hydrogens is 255 g/mol. The fourth-order valence-corrected chi connectivity index (χ4v) is 3.12. The average Bonchev–Trinajstić information content (AvgIpc) is 2.31. The summed E-state index contributed by atoms with van der Waals surface area (Å²) in [6, 6.07) is 4.34. The molecule has 1 aliphatic rings. The molecule has 4 heteroatoms. The molecule has 1 N–H and O–H groups in total. The Morgan fingerprint density at radius 2 is 2.06 bits per heavy atom. The molecule has 0 aromatic heterocycles. The second-order valence-corrected chi connectivity index (χ2v) is 5.57. The topological polar surface area (TPSA) is 37.3 Å². The van der Waals surface area contributed by atoms with Crippen molar-refractivity contribution < 1.29 is 14.3 Å². The van der Waals surface area contributed by atoms with E-state index >= 15 is 0 Å². The van der Waals surface area contributed by atoms with Gasteiger partial charge in [-0.3, -0.25) is 4.79 Å². The monoisotopic (exact) mass is 270 g/mol. The number of carboxylic acids is 1. The van der Waals surface area contributed by atoms with Gasteiger partial charge in [0.1, 0.15) is 5.82 Å². The fraction of sp³-hybridized carbons (Fsp3) is 0.500. The molecule has 98 valence electrons. The zero-order chi connectivity index (χ0) is 13.3. The van der Waals surface area contributed by atoms with Crippen LogP contribution in [-0.2, 0) is 10.2 Å². The zero-order valence-electron chi connectivity index (χ0n) is 10.2. The highest BCUT2D eigenvalue weighted by molar-refractivity contribution is 6.31. The van der Waals surface area contributed by atoms with Gasteiger partial charge in [-0.25, -0.2) is 4.39 Å². The Morgan fingerprint density at radius 1 is 1.44 bits per heavy atom. The second kappa shape index (κ2) is 4.88. The maximum atomic E-state index is 14.0. The molecule has 1 fully saturated rings. The number of carbonyl (C=O) groups is 1. The van der Waals surface area contributed by atoms with Crippen LogP contribution in [0, 0.1) is 11.7 Å². The van der Waals surface area contributed by atoms with Crippen LogP contribution in [0.4, 0.5) is 4.39 Å². The summed E-state index contributed by atoms with van der Waals surface area (Å²) >= 11 is 6.03. The molecule has 2 nitrogen and oxygen atoms in total. The number of benzene rings is 1. The van der Waals surface area contributed by atoms with E-state index in [1.807, 2.05) is 0 Å². The van der Waals surface area contributed by atoms with E-state index < -0.39 is 17.2 Å². The zero-order valence-corrected chi connectivity index (χ0v) is 11.0.